The summed E-state index contributed by atoms with van der Waals surface area (Å²) in [6.07, 6.45) is 2.63. The zero-order valence-electron chi connectivity index (χ0n) is 5.64. The molecule has 1 saturated heterocycles. The van der Waals surface area contributed by atoms with E-state index in [1.807, 2.05) is 0 Å². The first-order chi connectivity index (χ1) is 4.34. The third kappa shape index (κ3) is 2.05. The maximum atomic E-state index is 5.05. The largest absolute Gasteiger partial charge is 0.383 e. The topological polar surface area (TPSA) is 12.5 Å². The molecule has 0 N–H and O–H groups in total. The van der Waals surface area contributed by atoms with Gasteiger partial charge in [0.05, 0.1) is 6.61 Å². The fraction of sp³-hybridized carbons (Fsp3) is 1.00. The minimum Gasteiger partial charge on any atom is -0.383 e. The number of nitrogens with zero attached hydrogens (tertiary/aromatic N) is 1. The lowest BCUT2D eigenvalue weighted by molar-refractivity contribution is 0.157. The first kappa shape index (κ1) is 7.75. The molecule has 9 heavy (non-hydrogen) atoms. The Morgan fingerprint density at radius 2 is 2.56 bits per heavy atom. The predicted octanol–water partition coefficient (Wildman–Crippen LogP) is 1.45. The molecule has 1 aliphatic heterocycles. The minimum absolute atomic E-state index is 0.676. The molecule has 1 rings (SSSR count). The molecule has 1 atom stereocenters. The summed E-state index contributed by atoms with van der Waals surface area (Å²) in [4.78, 5) is 0. The van der Waals surface area contributed by atoms with E-state index in [0.29, 0.717) is 6.04 Å². The van der Waals surface area contributed by atoms with Crippen LogP contribution in [0.1, 0.15) is 12.8 Å². The molecule has 0 radical (unpaired) electrons. The van der Waals surface area contributed by atoms with Crippen LogP contribution in [0.5, 0.6) is 0 Å². The van der Waals surface area contributed by atoms with Gasteiger partial charge < -0.3 is 4.74 Å². The zero-order chi connectivity index (χ0) is 6.69. The number of methoxy groups -OCH3 is 1. The van der Waals surface area contributed by atoms with Crippen molar-refractivity contribution in [2.75, 3.05) is 20.3 Å². The van der Waals surface area contributed by atoms with E-state index in [1.165, 1.54) is 19.4 Å². The molecule has 0 aromatic rings. The highest BCUT2D eigenvalue weighted by Crippen LogP contribution is 2.20. The number of hydrogen-bond donors (Lipinski definition) is 0. The van der Waals surface area contributed by atoms with Crippen molar-refractivity contribution >= 4 is 22.9 Å². The van der Waals surface area contributed by atoms with Crippen LogP contribution in [-0.4, -0.2) is 29.4 Å². The van der Waals surface area contributed by atoms with Gasteiger partial charge in [-0.15, -0.1) is 0 Å². The van der Waals surface area contributed by atoms with Crippen LogP contribution in [0.25, 0.3) is 0 Å². The summed E-state index contributed by atoms with van der Waals surface area (Å²) in [6, 6.07) is 0.676. The van der Waals surface area contributed by atoms with Crippen LogP contribution in [0.3, 0.4) is 0 Å². The molecular weight excluding hydrogens is 229 g/mol. The molecule has 3 heteroatoms. The Hall–Kier alpha value is 0.650. The maximum Gasteiger partial charge on any atom is 0.0626 e. The van der Waals surface area contributed by atoms with E-state index in [0.717, 1.165) is 6.61 Å². The lowest BCUT2D eigenvalue weighted by atomic mass is 10.2. The summed E-state index contributed by atoms with van der Waals surface area (Å²) >= 11 is 2.37. The van der Waals surface area contributed by atoms with Crippen LogP contribution in [0, 0.1) is 0 Å². The smallest absolute Gasteiger partial charge is 0.0626 e. The average Bonchev–Trinajstić information content (AvgIpc) is 2.18. The van der Waals surface area contributed by atoms with E-state index in [2.05, 4.69) is 26.0 Å². The van der Waals surface area contributed by atoms with Crippen LogP contribution in [0.4, 0.5) is 0 Å². The Balaban J connectivity index is 2.22. The highest BCUT2D eigenvalue weighted by atomic mass is 127. The molecule has 0 spiro atoms. The van der Waals surface area contributed by atoms with Gasteiger partial charge >= 0.3 is 0 Å². The second-order valence-electron chi connectivity index (χ2n) is 2.37. The van der Waals surface area contributed by atoms with Crippen molar-refractivity contribution in [1.82, 2.24) is 3.11 Å². The van der Waals surface area contributed by atoms with Gasteiger partial charge in [-0.3, -0.25) is 0 Å². The molecule has 0 aromatic heterocycles. The first-order valence-electron chi connectivity index (χ1n) is 3.26. The average molecular weight is 241 g/mol. The van der Waals surface area contributed by atoms with Gasteiger partial charge in [0.25, 0.3) is 0 Å². The Morgan fingerprint density at radius 3 is 3.00 bits per heavy atom. The van der Waals surface area contributed by atoms with E-state index >= 15 is 0 Å². The third-order valence-electron chi connectivity index (χ3n) is 1.66. The Kier molecular flexibility index (Phi) is 3.21. The molecule has 1 heterocycles. The number of ether oxygens (including phenoxy) is 1. The van der Waals surface area contributed by atoms with Gasteiger partial charge in [0.15, 0.2) is 0 Å². The van der Waals surface area contributed by atoms with Gasteiger partial charge in [0, 0.05) is 42.6 Å². The second-order valence-corrected chi connectivity index (χ2v) is 3.61. The SMILES string of the molecule is COCC1CCCN1I. The first-order valence-corrected chi connectivity index (χ1v) is 4.22. The van der Waals surface area contributed by atoms with Crippen LogP contribution < -0.4 is 0 Å². The molecular formula is C6H12INO. The summed E-state index contributed by atoms with van der Waals surface area (Å²) in [5, 5.41) is 0. The number of halogens is 1. The molecule has 0 amide bonds. The van der Waals surface area contributed by atoms with Gasteiger partial charge in [-0.2, -0.15) is 0 Å². The molecule has 1 aliphatic rings. The van der Waals surface area contributed by atoms with E-state index in [1.54, 1.807) is 7.11 Å². The third-order valence-corrected chi connectivity index (χ3v) is 2.93. The van der Waals surface area contributed by atoms with Crippen molar-refractivity contribution in [3.8, 4) is 0 Å². The monoisotopic (exact) mass is 241 g/mol. The van der Waals surface area contributed by atoms with E-state index < -0.39 is 0 Å². The van der Waals surface area contributed by atoms with Crippen molar-refractivity contribution in [1.29, 1.82) is 0 Å². The fourth-order valence-electron chi connectivity index (χ4n) is 1.16. The van der Waals surface area contributed by atoms with Gasteiger partial charge in [-0.25, -0.2) is 3.11 Å². The van der Waals surface area contributed by atoms with Gasteiger partial charge in [-0.1, -0.05) is 0 Å². The Bertz CT molecular complexity index is 89.1. The molecule has 2 nitrogen and oxygen atoms in total. The molecule has 1 fully saturated rings. The van der Waals surface area contributed by atoms with E-state index in [4.69, 9.17) is 4.74 Å². The van der Waals surface area contributed by atoms with Crippen molar-refractivity contribution in [2.45, 2.75) is 18.9 Å². The quantitative estimate of drug-likeness (QED) is 0.536. The summed E-state index contributed by atoms with van der Waals surface area (Å²) in [7, 11) is 1.77. The molecule has 1 unspecified atom stereocenters. The molecule has 0 aromatic carbocycles. The Labute approximate surface area is 70.0 Å². The van der Waals surface area contributed by atoms with Crippen LogP contribution in [-0.2, 0) is 4.74 Å². The second kappa shape index (κ2) is 3.73. The maximum absolute atomic E-state index is 5.05. The Morgan fingerprint density at radius 1 is 1.78 bits per heavy atom. The van der Waals surface area contributed by atoms with Crippen molar-refractivity contribution in [2.24, 2.45) is 0 Å². The van der Waals surface area contributed by atoms with Gasteiger partial charge in [0.2, 0.25) is 0 Å². The summed E-state index contributed by atoms with van der Waals surface area (Å²) in [5.41, 5.74) is 0. The van der Waals surface area contributed by atoms with Crippen molar-refractivity contribution in [3.63, 3.8) is 0 Å². The van der Waals surface area contributed by atoms with Crippen LogP contribution in [0.2, 0.25) is 0 Å². The number of hydrogen-bond acceptors (Lipinski definition) is 2. The van der Waals surface area contributed by atoms with Crippen LogP contribution >= 0.6 is 22.9 Å². The molecule has 0 aliphatic carbocycles. The predicted molar refractivity (Wildman–Crippen MR) is 45.6 cm³/mol. The van der Waals surface area contributed by atoms with Gasteiger partial charge in [-0.05, 0) is 12.8 Å². The lowest BCUT2D eigenvalue weighted by Gasteiger charge is -2.15. The van der Waals surface area contributed by atoms with Crippen LogP contribution in [0.15, 0.2) is 0 Å². The van der Waals surface area contributed by atoms with Crippen molar-refractivity contribution in [3.05, 3.63) is 0 Å². The fourth-order valence-corrected chi connectivity index (χ4v) is 1.94. The van der Waals surface area contributed by atoms with E-state index in [-0.39, 0.29) is 0 Å². The zero-order valence-corrected chi connectivity index (χ0v) is 7.80. The minimum atomic E-state index is 0.676. The summed E-state index contributed by atoms with van der Waals surface area (Å²) in [6.45, 7) is 2.12. The molecule has 0 bridgehead atoms. The summed E-state index contributed by atoms with van der Waals surface area (Å²) < 4.78 is 7.38. The lowest BCUT2D eigenvalue weighted by Crippen LogP contribution is -2.23. The number of rotatable bonds is 2. The molecule has 54 valence electrons. The van der Waals surface area contributed by atoms with Crippen molar-refractivity contribution < 1.29 is 4.74 Å². The normalized spacial score (nSPS) is 29.3. The summed E-state index contributed by atoms with van der Waals surface area (Å²) in [5.74, 6) is 0. The standard InChI is InChI=1S/C6H12INO/c1-9-5-6-3-2-4-8(6)7/h6H,2-5H2,1H3. The van der Waals surface area contributed by atoms with Gasteiger partial charge in [0.1, 0.15) is 0 Å². The molecule has 0 saturated carbocycles. The highest BCUT2D eigenvalue weighted by Gasteiger charge is 2.21. The highest BCUT2D eigenvalue weighted by molar-refractivity contribution is 14.1. The van der Waals surface area contributed by atoms with E-state index in [9.17, 15) is 0 Å².